The fourth-order valence-corrected chi connectivity index (χ4v) is 2.53. The minimum atomic E-state index is -0.686. The number of carbonyl (C=O) groups is 2. The van der Waals surface area contributed by atoms with Gasteiger partial charge >= 0.3 is 11.9 Å². The van der Waals surface area contributed by atoms with E-state index in [4.69, 9.17) is 9.47 Å². The molecule has 1 aromatic heterocycles. The molecule has 1 aliphatic carbocycles. The summed E-state index contributed by atoms with van der Waals surface area (Å²) in [5.74, 6) is -1.12. The van der Waals surface area contributed by atoms with E-state index >= 15 is 0 Å². The molecule has 0 amide bonds. The Hall–Kier alpha value is -1.82. The van der Waals surface area contributed by atoms with Crippen molar-refractivity contribution in [3.63, 3.8) is 0 Å². The zero-order valence-corrected chi connectivity index (χ0v) is 12.5. The number of ether oxygens (including phenoxy) is 2. The standard InChI is InChI=1S/C15H21NO5/c1-4-20-14(18)11-7-6-9(3)16(11)13(10-8-12(10)17)15(19)21-5-2/h6-7,10,12-13,17H,4-5,8H2,1-3H3. The van der Waals surface area contributed by atoms with Crippen LogP contribution in [0.4, 0.5) is 0 Å². The van der Waals surface area contributed by atoms with E-state index in [0.717, 1.165) is 5.69 Å². The molecule has 6 heteroatoms. The summed E-state index contributed by atoms with van der Waals surface area (Å²) >= 11 is 0. The van der Waals surface area contributed by atoms with Gasteiger partial charge in [-0.1, -0.05) is 0 Å². The predicted octanol–water partition coefficient (Wildman–Crippen LogP) is 1.46. The quantitative estimate of drug-likeness (QED) is 0.804. The molecule has 116 valence electrons. The van der Waals surface area contributed by atoms with E-state index in [1.807, 2.05) is 6.92 Å². The van der Waals surface area contributed by atoms with Crippen molar-refractivity contribution >= 4 is 11.9 Å². The largest absolute Gasteiger partial charge is 0.464 e. The van der Waals surface area contributed by atoms with Gasteiger partial charge in [-0.05, 0) is 39.3 Å². The second-order valence-electron chi connectivity index (χ2n) is 5.11. The van der Waals surface area contributed by atoms with Gasteiger partial charge in [-0.3, -0.25) is 0 Å². The molecule has 0 bridgehead atoms. The van der Waals surface area contributed by atoms with Gasteiger partial charge in [-0.15, -0.1) is 0 Å². The van der Waals surface area contributed by atoms with Crippen molar-refractivity contribution in [3.8, 4) is 0 Å². The average Bonchev–Trinajstić information content (AvgIpc) is 3.01. The SMILES string of the molecule is CCOC(=O)c1ccc(C)n1C(C(=O)OCC)C1CC1O. The van der Waals surface area contributed by atoms with Crippen LogP contribution in [0, 0.1) is 12.8 Å². The maximum atomic E-state index is 12.2. The van der Waals surface area contributed by atoms with Crippen LogP contribution in [0.25, 0.3) is 0 Å². The smallest absolute Gasteiger partial charge is 0.354 e. The first-order chi connectivity index (χ1) is 10.0. The summed E-state index contributed by atoms with van der Waals surface area (Å²) in [6, 6.07) is 2.70. The van der Waals surface area contributed by atoms with Gasteiger partial charge in [0, 0.05) is 11.6 Å². The zero-order chi connectivity index (χ0) is 15.6. The summed E-state index contributed by atoms with van der Waals surface area (Å²) in [6.07, 6.45) is -0.000131. The number of hydrogen-bond donors (Lipinski definition) is 1. The molecular formula is C15H21NO5. The zero-order valence-electron chi connectivity index (χ0n) is 12.5. The molecule has 0 spiro atoms. The highest BCUT2D eigenvalue weighted by Gasteiger charge is 2.48. The third kappa shape index (κ3) is 3.10. The summed E-state index contributed by atoms with van der Waals surface area (Å²) < 4.78 is 11.8. The van der Waals surface area contributed by atoms with Crippen molar-refractivity contribution < 1.29 is 24.2 Å². The number of aryl methyl sites for hydroxylation is 1. The third-order valence-electron chi connectivity index (χ3n) is 3.62. The molecule has 21 heavy (non-hydrogen) atoms. The fourth-order valence-electron chi connectivity index (χ4n) is 2.53. The normalized spacial score (nSPS) is 21.7. The maximum Gasteiger partial charge on any atom is 0.354 e. The molecule has 3 atom stereocenters. The van der Waals surface area contributed by atoms with Crippen LogP contribution in [-0.4, -0.2) is 40.9 Å². The molecule has 1 N–H and O–H groups in total. The van der Waals surface area contributed by atoms with Crippen LogP contribution in [0.2, 0.25) is 0 Å². The van der Waals surface area contributed by atoms with E-state index < -0.39 is 24.1 Å². The number of aromatic nitrogens is 1. The first-order valence-corrected chi connectivity index (χ1v) is 7.20. The van der Waals surface area contributed by atoms with Crippen LogP contribution >= 0.6 is 0 Å². The molecule has 3 unspecified atom stereocenters. The van der Waals surface area contributed by atoms with Gasteiger partial charge in [0.15, 0.2) is 0 Å². The highest BCUT2D eigenvalue weighted by molar-refractivity contribution is 5.89. The number of aliphatic hydroxyl groups excluding tert-OH is 1. The van der Waals surface area contributed by atoms with Gasteiger partial charge in [0.25, 0.3) is 0 Å². The van der Waals surface area contributed by atoms with Crippen LogP contribution in [0.1, 0.15) is 42.5 Å². The lowest BCUT2D eigenvalue weighted by Crippen LogP contribution is -2.28. The van der Waals surface area contributed by atoms with Crippen molar-refractivity contribution in [1.29, 1.82) is 0 Å². The molecule has 1 fully saturated rings. The second kappa shape index (κ2) is 6.30. The summed E-state index contributed by atoms with van der Waals surface area (Å²) in [6.45, 7) is 5.79. The number of carbonyl (C=O) groups excluding carboxylic acids is 2. The van der Waals surface area contributed by atoms with E-state index in [1.165, 1.54) is 0 Å². The van der Waals surface area contributed by atoms with E-state index in [9.17, 15) is 14.7 Å². The Labute approximate surface area is 123 Å². The Bertz CT molecular complexity index is 536. The first kappa shape index (κ1) is 15.6. The monoisotopic (exact) mass is 295 g/mol. The molecule has 1 aliphatic rings. The van der Waals surface area contributed by atoms with E-state index in [-0.39, 0.29) is 19.1 Å². The minimum Gasteiger partial charge on any atom is -0.464 e. The van der Waals surface area contributed by atoms with Gasteiger partial charge in [0.1, 0.15) is 11.7 Å². The number of rotatable bonds is 6. The first-order valence-electron chi connectivity index (χ1n) is 7.20. The predicted molar refractivity (Wildman–Crippen MR) is 74.9 cm³/mol. The highest BCUT2D eigenvalue weighted by Crippen LogP contribution is 2.42. The summed E-state index contributed by atoms with van der Waals surface area (Å²) in [5, 5.41) is 9.70. The molecule has 1 aromatic rings. The average molecular weight is 295 g/mol. The number of esters is 2. The lowest BCUT2D eigenvalue weighted by molar-refractivity contribution is -0.148. The van der Waals surface area contributed by atoms with Gasteiger partial charge in [0.2, 0.25) is 0 Å². The molecule has 0 aliphatic heterocycles. The minimum absolute atomic E-state index is 0.219. The Morgan fingerprint density at radius 3 is 2.48 bits per heavy atom. The van der Waals surface area contributed by atoms with Gasteiger partial charge in [0.05, 0.1) is 19.3 Å². The third-order valence-corrected chi connectivity index (χ3v) is 3.62. The highest BCUT2D eigenvalue weighted by atomic mass is 16.5. The van der Waals surface area contributed by atoms with Crippen molar-refractivity contribution in [2.75, 3.05) is 13.2 Å². The summed E-state index contributed by atoms with van der Waals surface area (Å²) in [7, 11) is 0. The lowest BCUT2D eigenvalue weighted by atomic mass is 10.1. The van der Waals surface area contributed by atoms with E-state index in [0.29, 0.717) is 12.1 Å². The molecule has 0 aromatic carbocycles. The summed E-state index contributed by atoms with van der Waals surface area (Å²) in [5.41, 5.74) is 1.07. The van der Waals surface area contributed by atoms with Crippen LogP contribution in [0.3, 0.4) is 0 Å². The van der Waals surface area contributed by atoms with Crippen molar-refractivity contribution in [2.24, 2.45) is 5.92 Å². The molecule has 0 saturated heterocycles. The van der Waals surface area contributed by atoms with E-state index in [1.54, 1.807) is 30.5 Å². The molecule has 2 rings (SSSR count). The van der Waals surface area contributed by atoms with Gasteiger partial charge in [-0.2, -0.15) is 0 Å². The Kier molecular flexibility index (Phi) is 4.67. The fraction of sp³-hybridized carbons (Fsp3) is 0.600. The van der Waals surface area contributed by atoms with Crippen LogP contribution in [0.15, 0.2) is 12.1 Å². The Morgan fingerprint density at radius 2 is 1.95 bits per heavy atom. The van der Waals surface area contributed by atoms with E-state index in [2.05, 4.69) is 0 Å². The Balaban J connectivity index is 2.38. The van der Waals surface area contributed by atoms with Gasteiger partial charge in [-0.25, -0.2) is 9.59 Å². The van der Waals surface area contributed by atoms with Crippen molar-refractivity contribution in [3.05, 3.63) is 23.5 Å². The van der Waals surface area contributed by atoms with Crippen LogP contribution in [-0.2, 0) is 14.3 Å². The molecule has 1 heterocycles. The number of nitrogens with zero attached hydrogens (tertiary/aromatic N) is 1. The second-order valence-corrected chi connectivity index (χ2v) is 5.11. The van der Waals surface area contributed by atoms with Crippen LogP contribution in [0.5, 0.6) is 0 Å². The summed E-state index contributed by atoms with van der Waals surface area (Å²) in [4.78, 5) is 24.3. The number of aliphatic hydroxyl groups is 1. The van der Waals surface area contributed by atoms with Gasteiger partial charge < -0.3 is 19.1 Å². The topological polar surface area (TPSA) is 77.8 Å². The van der Waals surface area contributed by atoms with Crippen molar-refractivity contribution in [2.45, 2.75) is 39.3 Å². The lowest BCUT2D eigenvalue weighted by Gasteiger charge is -2.21. The molecular weight excluding hydrogens is 274 g/mol. The number of hydrogen-bond acceptors (Lipinski definition) is 5. The molecule has 6 nitrogen and oxygen atoms in total. The van der Waals surface area contributed by atoms with Crippen LogP contribution < -0.4 is 0 Å². The maximum absolute atomic E-state index is 12.2. The molecule has 1 saturated carbocycles. The Morgan fingerprint density at radius 1 is 1.33 bits per heavy atom. The molecule has 0 radical (unpaired) electrons. The van der Waals surface area contributed by atoms with Crippen molar-refractivity contribution in [1.82, 2.24) is 4.57 Å².